The Morgan fingerprint density at radius 2 is 1.86 bits per heavy atom. The molecule has 0 saturated heterocycles. The zero-order valence-corrected chi connectivity index (χ0v) is 17.0. The van der Waals surface area contributed by atoms with Crippen LogP contribution in [-0.4, -0.2) is 18.4 Å². The zero-order chi connectivity index (χ0) is 20.8. The van der Waals surface area contributed by atoms with Crippen LogP contribution >= 0.6 is 23.2 Å². The predicted molar refractivity (Wildman–Crippen MR) is 112 cm³/mol. The first-order valence-corrected chi connectivity index (χ1v) is 9.48. The SMILES string of the molecule is Cc1ccccc1OCc1ccc(C(=O)NCC(=O)Nc2cc(Cl)ccc2Cl)o1. The Balaban J connectivity index is 1.50. The Bertz CT molecular complexity index is 1030. The highest BCUT2D eigenvalue weighted by atomic mass is 35.5. The first kappa shape index (κ1) is 20.8. The number of para-hydroxylation sites is 1. The van der Waals surface area contributed by atoms with Crippen molar-refractivity contribution in [1.82, 2.24) is 5.32 Å². The molecule has 150 valence electrons. The lowest BCUT2D eigenvalue weighted by Crippen LogP contribution is -2.32. The quantitative estimate of drug-likeness (QED) is 0.559. The van der Waals surface area contributed by atoms with Gasteiger partial charge >= 0.3 is 0 Å². The van der Waals surface area contributed by atoms with Crippen LogP contribution < -0.4 is 15.4 Å². The molecule has 0 radical (unpaired) electrons. The molecule has 1 aromatic heterocycles. The van der Waals surface area contributed by atoms with Crippen molar-refractivity contribution in [2.45, 2.75) is 13.5 Å². The van der Waals surface area contributed by atoms with Crippen molar-refractivity contribution in [1.29, 1.82) is 0 Å². The van der Waals surface area contributed by atoms with E-state index >= 15 is 0 Å². The van der Waals surface area contributed by atoms with Crippen molar-refractivity contribution in [2.24, 2.45) is 0 Å². The molecule has 3 aromatic rings. The molecule has 2 amide bonds. The number of halogens is 2. The number of anilines is 1. The minimum absolute atomic E-state index is 0.0852. The van der Waals surface area contributed by atoms with Gasteiger partial charge in [-0.3, -0.25) is 9.59 Å². The van der Waals surface area contributed by atoms with Gasteiger partial charge in [-0.2, -0.15) is 0 Å². The van der Waals surface area contributed by atoms with Crippen LogP contribution in [0.25, 0.3) is 0 Å². The van der Waals surface area contributed by atoms with Crippen LogP contribution in [0, 0.1) is 6.92 Å². The monoisotopic (exact) mass is 432 g/mol. The smallest absolute Gasteiger partial charge is 0.287 e. The fourth-order valence-electron chi connectivity index (χ4n) is 2.48. The molecule has 0 saturated carbocycles. The Morgan fingerprint density at radius 1 is 1.07 bits per heavy atom. The molecule has 0 spiro atoms. The van der Waals surface area contributed by atoms with Crippen molar-refractivity contribution < 1.29 is 18.7 Å². The third-order valence-electron chi connectivity index (χ3n) is 3.96. The molecule has 0 unspecified atom stereocenters. The maximum absolute atomic E-state index is 12.2. The highest BCUT2D eigenvalue weighted by molar-refractivity contribution is 6.35. The number of carbonyl (C=O) groups is 2. The number of aryl methyl sites for hydroxylation is 1. The number of furan rings is 1. The number of ether oxygens (including phenoxy) is 1. The molecule has 0 aliphatic heterocycles. The average Bonchev–Trinajstić information content (AvgIpc) is 3.17. The van der Waals surface area contributed by atoms with Crippen molar-refractivity contribution in [3.05, 3.63) is 81.7 Å². The summed E-state index contributed by atoms with van der Waals surface area (Å²) in [4.78, 5) is 24.2. The van der Waals surface area contributed by atoms with Crippen LogP contribution in [0.1, 0.15) is 21.9 Å². The minimum Gasteiger partial charge on any atom is -0.485 e. The minimum atomic E-state index is -0.514. The number of hydrogen-bond donors (Lipinski definition) is 2. The fraction of sp³-hybridized carbons (Fsp3) is 0.143. The third-order valence-corrected chi connectivity index (χ3v) is 4.53. The van der Waals surface area contributed by atoms with Crippen LogP contribution in [0.5, 0.6) is 5.75 Å². The first-order chi connectivity index (χ1) is 13.9. The van der Waals surface area contributed by atoms with E-state index in [0.717, 1.165) is 11.3 Å². The largest absolute Gasteiger partial charge is 0.485 e. The number of benzene rings is 2. The van der Waals surface area contributed by atoms with E-state index in [9.17, 15) is 9.59 Å². The molecule has 8 heteroatoms. The summed E-state index contributed by atoms with van der Waals surface area (Å²) in [5, 5.41) is 5.85. The summed E-state index contributed by atoms with van der Waals surface area (Å²) in [6.45, 7) is 1.88. The number of hydrogen-bond acceptors (Lipinski definition) is 4. The second-order valence-corrected chi connectivity index (χ2v) is 7.02. The van der Waals surface area contributed by atoms with E-state index in [4.69, 9.17) is 32.4 Å². The molecule has 2 aromatic carbocycles. The molecule has 0 aliphatic rings. The van der Waals surface area contributed by atoms with Gasteiger partial charge in [0.1, 0.15) is 18.1 Å². The van der Waals surface area contributed by atoms with Gasteiger partial charge in [-0.25, -0.2) is 0 Å². The summed E-state index contributed by atoms with van der Waals surface area (Å²) in [6, 6.07) is 15.5. The summed E-state index contributed by atoms with van der Waals surface area (Å²) in [7, 11) is 0. The molecule has 0 atom stereocenters. The van der Waals surface area contributed by atoms with Crippen LogP contribution in [0.2, 0.25) is 10.0 Å². The Hall–Kier alpha value is -2.96. The van der Waals surface area contributed by atoms with E-state index in [1.165, 1.54) is 12.1 Å². The topological polar surface area (TPSA) is 80.6 Å². The summed E-state index contributed by atoms with van der Waals surface area (Å²) < 4.78 is 11.2. The van der Waals surface area contributed by atoms with Crippen molar-refractivity contribution in [3.8, 4) is 5.75 Å². The highest BCUT2D eigenvalue weighted by Gasteiger charge is 2.14. The van der Waals surface area contributed by atoms with E-state index in [1.807, 2.05) is 31.2 Å². The summed E-state index contributed by atoms with van der Waals surface area (Å²) in [6.07, 6.45) is 0. The van der Waals surface area contributed by atoms with Gasteiger partial charge in [-0.1, -0.05) is 41.4 Å². The number of nitrogens with one attached hydrogen (secondary N) is 2. The normalized spacial score (nSPS) is 10.4. The van der Waals surface area contributed by atoms with Crippen LogP contribution in [-0.2, 0) is 11.4 Å². The van der Waals surface area contributed by atoms with Gasteiger partial charge in [-0.15, -0.1) is 0 Å². The summed E-state index contributed by atoms with van der Waals surface area (Å²) in [5.74, 6) is 0.360. The lowest BCUT2D eigenvalue weighted by Gasteiger charge is -2.08. The van der Waals surface area contributed by atoms with E-state index < -0.39 is 11.8 Å². The molecule has 6 nitrogen and oxygen atoms in total. The van der Waals surface area contributed by atoms with E-state index in [0.29, 0.717) is 21.5 Å². The van der Waals surface area contributed by atoms with Crippen LogP contribution in [0.3, 0.4) is 0 Å². The van der Waals surface area contributed by atoms with Gasteiger partial charge in [0.15, 0.2) is 5.76 Å². The zero-order valence-electron chi connectivity index (χ0n) is 15.5. The lowest BCUT2D eigenvalue weighted by molar-refractivity contribution is -0.115. The van der Waals surface area contributed by atoms with Gasteiger partial charge in [-0.05, 0) is 48.9 Å². The lowest BCUT2D eigenvalue weighted by atomic mass is 10.2. The maximum atomic E-state index is 12.2. The van der Waals surface area contributed by atoms with Crippen molar-refractivity contribution in [3.63, 3.8) is 0 Å². The second-order valence-electron chi connectivity index (χ2n) is 6.18. The fourth-order valence-corrected chi connectivity index (χ4v) is 2.82. The molecule has 0 bridgehead atoms. The summed E-state index contributed by atoms with van der Waals surface area (Å²) >= 11 is 11.9. The molecular weight excluding hydrogens is 415 g/mol. The molecule has 3 rings (SSSR count). The molecular formula is C21H18Cl2N2O4. The van der Waals surface area contributed by atoms with Gasteiger partial charge in [0, 0.05) is 5.02 Å². The first-order valence-electron chi connectivity index (χ1n) is 8.72. The summed E-state index contributed by atoms with van der Waals surface area (Å²) in [5.41, 5.74) is 1.37. The van der Waals surface area contributed by atoms with Crippen LogP contribution in [0.4, 0.5) is 5.69 Å². The molecule has 0 fully saturated rings. The predicted octanol–water partition coefficient (Wildman–Crippen LogP) is 4.84. The molecule has 29 heavy (non-hydrogen) atoms. The number of amides is 2. The van der Waals surface area contributed by atoms with Gasteiger partial charge < -0.3 is 19.8 Å². The number of rotatable bonds is 7. The maximum Gasteiger partial charge on any atom is 0.287 e. The van der Waals surface area contributed by atoms with Crippen molar-refractivity contribution >= 4 is 40.7 Å². The van der Waals surface area contributed by atoms with Gasteiger partial charge in [0.25, 0.3) is 5.91 Å². The van der Waals surface area contributed by atoms with Crippen molar-refractivity contribution in [2.75, 3.05) is 11.9 Å². The Morgan fingerprint density at radius 3 is 2.66 bits per heavy atom. The van der Waals surface area contributed by atoms with E-state index in [2.05, 4.69) is 10.6 Å². The average molecular weight is 433 g/mol. The van der Waals surface area contributed by atoms with Gasteiger partial charge in [0.05, 0.1) is 17.3 Å². The third kappa shape index (κ3) is 5.76. The standard InChI is InChI=1S/C21H18Cl2N2O4/c1-13-4-2-3-5-18(13)28-12-15-7-9-19(29-15)21(27)24-11-20(26)25-17-10-14(22)6-8-16(17)23/h2-10H,11-12H2,1H3,(H,24,27)(H,25,26). The molecule has 2 N–H and O–H groups in total. The Kier molecular flexibility index (Phi) is 6.80. The Labute approximate surface area is 177 Å². The number of carbonyl (C=O) groups excluding carboxylic acids is 2. The highest BCUT2D eigenvalue weighted by Crippen LogP contribution is 2.25. The van der Waals surface area contributed by atoms with E-state index in [1.54, 1.807) is 18.2 Å². The molecule has 1 heterocycles. The van der Waals surface area contributed by atoms with Gasteiger partial charge in [0.2, 0.25) is 5.91 Å². The molecule has 0 aliphatic carbocycles. The van der Waals surface area contributed by atoms with Crippen LogP contribution in [0.15, 0.2) is 59.0 Å². The van der Waals surface area contributed by atoms with E-state index in [-0.39, 0.29) is 18.9 Å². The second kappa shape index (κ2) is 9.49.